The lowest BCUT2D eigenvalue weighted by Gasteiger charge is -2.29. The SMILES string of the molecule is CC(=O)N[C@H](Cc1ccc(O)cc1)C(=O)N1C[C@H](O)C[C@H]1C(=O)N[C@@H](CC(N)=O)C(N)=O. The maximum Gasteiger partial charge on any atom is 0.246 e. The molecule has 0 spiro atoms. The number of benzene rings is 1. The molecule has 0 bridgehead atoms. The van der Waals surface area contributed by atoms with Gasteiger partial charge in [0, 0.05) is 26.3 Å². The molecule has 1 aromatic rings. The molecule has 4 atom stereocenters. The minimum absolute atomic E-state index is 0.0375. The molecule has 12 heteroatoms. The van der Waals surface area contributed by atoms with Crippen LogP contribution in [-0.2, 0) is 30.4 Å². The van der Waals surface area contributed by atoms with Gasteiger partial charge in [-0.25, -0.2) is 0 Å². The number of nitrogens with one attached hydrogen (secondary N) is 2. The molecule has 1 aliphatic heterocycles. The van der Waals surface area contributed by atoms with Gasteiger partial charge in [-0.1, -0.05) is 12.1 Å². The molecule has 1 heterocycles. The number of carbonyl (C=O) groups is 5. The quantitative estimate of drug-likeness (QED) is 0.234. The molecule has 1 aliphatic rings. The van der Waals surface area contributed by atoms with Crippen molar-refractivity contribution in [2.45, 2.75) is 50.4 Å². The Morgan fingerprint density at radius 3 is 2.25 bits per heavy atom. The number of aliphatic hydroxyl groups is 1. The first-order valence-electron chi connectivity index (χ1n) is 9.89. The Morgan fingerprint density at radius 2 is 1.72 bits per heavy atom. The van der Waals surface area contributed by atoms with Crippen molar-refractivity contribution in [2.75, 3.05) is 6.54 Å². The van der Waals surface area contributed by atoms with Crippen LogP contribution >= 0.6 is 0 Å². The monoisotopic (exact) mass is 449 g/mol. The number of phenols is 1. The van der Waals surface area contributed by atoms with Crippen LogP contribution in [0.4, 0.5) is 0 Å². The lowest BCUT2D eigenvalue weighted by Crippen LogP contribution is -2.56. The van der Waals surface area contributed by atoms with Crippen molar-refractivity contribution in [3.05, 3.63) is 29.8 Å². The van der Waals surface area contributed by atoms with Gasteiger partial charge in [0.2, 0.25) is 29.5 Å². The minimum Gasteiger partial charge on any atom is -0.508 e. The molecular formula is C20H27N5O7. The molecule has 1 fully saturated rings. The molecule has 5 amide bonds. The topological polar surface area (TPSA) is 205 Å². The lowest BCUT2D eigenvalue weighted by atomic mass is 10.0. The van der Waals surface area contributed by atoms with Gasteiger partial charge in [-0.3, -0.25) is 24.0 Å². The van der Waals surface area contributed by atoms with Gasteiger partial charge in [-0.2, -0.15) is 0 Å². The van der Waals surface area contributed by atoms with Gasteiger partial charge in [0.1, 0.15) is 23.9 Å². The molecule has 0 saturated carbocycles. The van der Waals surface area contributed by atoms with Gasteiger partial charge in [0.15, 0.2) is 0 Å². The number of rotatable bonds is 9. The molecule has 32 heavy (non-hydrogen) atoms. The molecule has 8 N–H and O–H groups in total. The van der Waals surface area contributed by atoms with Gasteiger partial charge in [-0.15, -0.1) is 0 Å². The van der Waals surface area contributed by atoms with Crippen molar-refractivity contribution < 1.29 is 34.2 Å². The van der Waals surface area contributed by atoms with Crippen LogP contribution in [-0.4, -0.2) is 75.4 Å². The fourth-order valence-corrected chi connectivity index (χ4v) is 3.51. The van der Waals surface area contributed by atoms with Crippen LogP contribution in [0.15, 0.2) is 24.3 Å². The van der Waals surface area contributed by atoms with E-state index in [0.29, 0.717) is 5.56 Å². The van der Waals surface area contributed by atoms with Crippen LogP contribution in [0.2, 0.25) is 0 Å². The summed E-state index contributed by atoms with van der Waals surface area (Å²) in [6.45, 7) is 1.07. The molecule has 0 unspecified atom stereocenters. The summed E-state index contributed by atoms with van der Waals surface area (Å²) in [4.78, 5) is 61.4. The normalized spacial score (nSPS) is 19.6. The second kappa shape index (κ2) is 10.6. The highest BCUT2D eigenvalue weighted by molar-refractivity contribution is 5.95. The third kappa shape index (κ3) is 6.67. The Bertz CT molecular complexity index is 889. The zero-order valence-corrected chi connectivity index (χ0v) is 17.5. The van der Waals surface area contributed by atoms with Crippen molar-refractivity contribution in [1.29, 1.82) is 0 Å². The van der Waals surface area contributed by atoms with E-state index in [0.717, 1.165) is 4.90 Å². The number of aromatic hydroxyl groups is 1. The Labute approximate surface area is 183 Å². The fraction of sp³-hybridized carbons (Fsp3) is 0.450. The van der Waals surface area contributed by atoms with Crippen molar-refractivity contribution in [2.24, 2.45) is 11.5 Å². The first-order valence-corrected chi connectivity index (χ1v) is 9.89. The standard InChI is InChI=1S/C20H27N5O7/c1-10(26)23-15(6-11-2-4-12(27)5-3-11)20(32)25-9-13(28)7-16(25)19(31)24-14(18(22)30)8-17(21)29/h2-5,13-16,27-28H,6-9H2,1H3,(H2,21,29)(H2,22,30)(H,23,26)(H,24,31)/t13-,14+,15-,16+/m1/s1. The summed E-state index contributed by atoms with van der Waals surface area (Å²) in [6, 6.07) is 2.48. The summed E-state index contributed by atoms with van der Waals surface area (Å²) in [6.07, 6.45) is -1.55. The summed E-state index contributed by atoms with van der Waals surface area (Å²) >= 11 is 0. The minimum atomic E-state index is -1.36. The van der Waals surface area contributed by atoms with E-state index in [9.17, 15) is 34.2 Å². The second-order valence-corrected chi connectivity index (χ2v) is 7.65. The van der Waals surface area contributed by atoms with Crippen molar-refractivity contribution in [1.82, 2.24) is 15.5 Å². The maximum absolute atomic E-state index is 13.2. The first kappa shape index (κ1) is 24.6. The van der Waals surface area contributed by atoms with Crippen LogP contribution in [0.1, 0.15) is 25.3 Å². The number of nitrogens with two attached hydrogens (primary N) is 2. The smallest absolute Gasteiger partial charge is 0.246 e. The number of primary amides is 2. The van der Waals surface area contributed by atoms with Gasteiger partial charge in [0.05, 0.1) is 12.5 Å². The number of hydrogen-bond donors (Lipinski definition) is 6. The zero-order chi connectivity index (χ0) is 24.0. The number of likely N-dealkylation sites (tertiary alicyclic amines) is 1. The number of β-amino-alcohol motifs (C(OH)–C–C–N with tert-alkyl or cyclic N) is 1. The van der Waals surface area contributed by atoms with Crippen LogP contribution in [0.25, 0.3) is 0 Å². The number of amides is 5. The van der Waals surface area contributed by atoms with E-state index in [2.05, 4.69) is 10.6 Å². The average molecular weight is 449 g/mol. The number of carbonyl (C=O) groups excluding carboxylic acids is 5. The van der Waals surface area contributed by atoms with E-state index in [1.807, 2.05) is 0 Å². The van der Waals surface area contributed by atoms with E-state index < -0.39 is 60.2 Å². The summed E-state index contributed by atoms with van der Waals surface area (Å²) < 4.78 is 0. The molecular weight excluding hydrogens is 422 g/mol. The van der Waals surface area contributed by atoms with E-state index in [1.54, 1.807) is 12.1 Å². The van der Waals surface area contributed by atoms with E-state index in [1.165, 1.54) is 19.1 Å². The second-order valence-electron chi connectivity index (χ2n) is 7.65. The molecule has 1 aromatic carbocycles. The van der Waals surface area contributed by atoms with Gasteiger partial charge in [0.25, 0.3) is 0 Å². The maximum atomic E-state index is 13.2. The summed E-state index contributed by atoms with van der Waals surface area (Å²) in [5.41, 5.74) is 10.9. The van der Waals surface area contributed by atoms with Crippen LogP contribution in [0, 0.1) is 0 Å². The Hall–Kier alpha value is -3.67. The van der Waals surface area contributed by atoms with Gasteiger partial charge >= 0.3 is 0 Å². The first-order chi connectivity index (χ1) is 15.0. The highest BCUT2D eigenvalue weighted by Gasteiger charge is 2.42. The summed E-state index contributed by atoms with van der Waals surface area (Å²) in [5.74, 6) is -3.67. The van der Waals surface area contributed by atoms with Crippen LogP contribution in [0.3, 0.4) is 0 Å². The molecule has 12 nitrogen and oxygen atoms in total. The molecule has 1 saturated heterocycles. The summed E-state index contributed by atoms with van der Waals surface area (Å²) in [5, 5.41) is 24.3. The third-order valence-corrected chi connectivity index (χ3v) is 4.98. The average Bonchev–Trinajstić information content (AvgIpc) is 3.09. The number of aliphatic hydroxyl groups excluding tert-OH is 1. The predicted molar refractivity (Wildman–Crippen MR) is 110 cm³/mol. The highest BCUT2D eigenvalue weighted by Crippen LogP contribution is 2.21. The zero-order valence-electron chi connectivity index (χ0n) is 17.5. The molecule has 0 aromatic heterocycles. The molecule has 2 rings (SSSR count). The lowest BCUT2D eigenvalue weighted by molar-refractivity contribution is -0.142. The molecule has 0 radical (unpaired) electrons. The number of nitrogens with zero attached hydrogens (tertiary/aromatic N) is 1. The Kier molecular flexibility index (Phi) is 8.13. The van der Waals surface area contributed by atoms with Crippen LogP contribution < -0.4 is 22.1 Å². The van der Waals surface area contributed by atoms with E-state index >= 15 is 0 Å². The fourth-order valence-electron chi connectivity index (χ4n) is 3.51. The van der Waals surface area contributed by atoms with Crippen LogP contribution in [0.5, 0.6) is 5.75 Å². The Morgan fingerprint density at radius 1 is 1.09 bits per heavy atom. The Balaban J connectivity index is 2.21. The largest absolute Gasteiger partial charge is 0.508 e. The summed E-state index contributed by atoms with van der Waals surface area (Å²) in [7, 11) is 0. The number of hydrogen-bond acceptors (Lipinski definition) is 7. The van der Waals surface area contributed by atoms with Gasteiger partial charge in [-0.05, 0) is 17.7 Å². The van der Waals surface area contributed by atoms with Crippen molar-refractivity contribution in [3.63, 3.8) is 0 Å². The van der Waals surface area contributed by atoms with Crippen molar-refractivity contribution in [3.8, 4) is 5.75 Å². The predicted octanol–water partition coefficient (Wildman–Crippen LogP) is -2.75. The third-order valence-electron chi connectivity index (χ3n) is 4.98. The van der Waals surface area contributed by atoms with Crippen molar-refractivity contribution >= 4 is 29.5 Å². The molecule has 174 valence electrons. The van der Waals surface area contributed by atoms with Gasteiger partial charge < -0.3 is 37.2 Å². The molecule has 0 aliphatic carbocycles. The van der Waals surface area contributed by atoms with E-state index in [-0.39, 0.29) is 25.1 Å². The highest BCUT2D eigenvalue weighted by atomic mass is 16.3. The van der Waals surface area contributed by atoms with E-state index in [4.69, 9.17) is 11.5 Å². The number of phenolic OH excluding ortho intramolecular Hbond substituents is 1.